The molecule has 2 aliphatic heterocycles. The molecular weight excluding hydrogens is 348 g/mol. The number of ether oxygens (including phenoxy) is 1. The Morgan fingerprint density at radius 1 is 1.04 bits per heavy atom. The van der Waals surface area contributed by atoms with E-state index in [-0.39, 0.29) is 17.6 Å². The van der Waals surface area contributed by atoms with Crippen molar-refractivity contribution in [2.75, 3.05) is 13.1 Å². The molecule has 28 heavy (non-hydrogen) atoms. The summed E-state index contributed by atoms with van der Waals surface area (Å²) in [5.74, 6) is 0.614. The first-order valence-electron chi connectivity index (χ1n) is 9.69. The third kappa shape index (κ3) is 3.70. The molecule has 2 heterocycles. The maximum Gasteiger partial charge on any atom is 0.264 e. The van der Waals surface area contributed by atoms with Gasteiger partial charge in [-0.2, -0.15) is 5.26 Å². The first-order valence-corrected chi connectivity index (χ1v) is 9.69. The van der Waals surface area contributed by atoms with Crippen molar-refractivity contribution >= 4 is 12.0 Å². The van der Waals surface area contributed by atoms with Crippen LogP contribution >= 0.6 is 0 Å². The maximum absolute atomic E-state index is 12.9. The Bertz CT molecular complexity index is 964. The lowest BCUT2D eigenvalue weighted by Gasteiger charge is -2.28. The van der Waals surface area contributed by atoms with Gasteiger partial charge in [0.05, 0.1) is 0 Å². The summed E-state index contributed by atoms with van der Waals surface area (Å²) in [5.41, 5.74) is 2.91. The summed E-state index contributed by atoms with van der Waals surface area (Å²) in [6, 6.07) is 19.8. The average molecular weight is 370 g/mol. The molecule has 0 radical (unpaired) electrons. The number of fused-ring (bicyclic) bond motifs is 1. The van der Waals surface area contributed by atoms with Gasteiger partial charge in [-0.3, -0.25) is 4.79 Å². The minimum atomic E-state index is -0.353. The second kappa shape index (κ2) is 8.14. The zero-order valence-corrected chi connectivity index (χ0v) is 15.7. The third-order valence-corrected chi connectivity index (χ3v) is 5.20. The van der Waals surface area contributed by atoms with Crippen molar-refractivity contribution in [2.24, 2.45) is 0 Å². The SMILES string of the molecule is N#C/C(=C\C1=Cc2ccccc2OC1c1ccccc1)C(=O)N1CCCCC1. The predicted octanol–water partition coefficient (Wildman–Crippen LogP) is 4.67. The normalized spacial score (nSPS) is 19.1. The molecule has 4 heteroatoms. The van der Waals surface area contributed by atoms with Gasteiger partial charge in [-0.15, -0.1) is 0 Å². The van der Waals surface area contributed by atoms with Crippen molar-refractivity contribution in [3.8, 4) is 11.8 Å². The van der Waals surface area contributed by atoms with Crippen molar-refractivity contribution in [1.82, 2.24) is 4.90 Å². The lowest BCUT2D eigenvalue weighted by atomic mass is 9.94. The van der Waals surface area contributed by atoms with Gasteiger partial charge >= 0.3 is 0 Å². The van der Waals surface area contributed by atoms with Crippen molar-refractivity contribution < 1.29 is 9.53 Å². The van der Waals surface area contributed by atoms with Gasteiger partial charge in [0, 0.05) is 18.7 Å². The van der Waals surface area contributed by atoms with E-state index in [0.717, 1.165) is 54.8 Å². The van der Waals surface area contributed by atoms with Crippen molar-refractivity contribution in [3.63, 3.8) is 0 Å². The Balaban J connectivity index is 1.72. The number of piperidine rings is 1. The molecule has 0 spiro atoms. The lowest BCUT2D eigenvalue weighted by Crippen LogP contribution is -2.36. The predicted molar refractivity (Wildman–Crippen MR) is 108 cm³/mol. The molecule has 1 atom stereocenters. The Labute approximate surface area is 165 Å². The number of para-hydroxylation sites is 1. The number of nitrogens with zero attached hydrogens (tertiary/aromatic N) is 2. The van der Waals surface area contributed by atoms with Gasteiger partial charge in [-0.05, 0) is 48.6 Å². The number of likely N-dealkylation sites (tertiary alicyclic amines) is 1. The molecule has 2 aliphatic rings. The average Bonchev–Trinajstić information content (AvgIpc) is 2.77. The minimum absolute atomic E-state index is 0.164. The first-order chi connectivity index (χ1) is 13.8. The summed E-state index contributed by atoms with van der Waals surface area (Å²) in [7, 11) is 0. The van der Waals surface area contributed by atoms with Crippen LogP contribution < -0.4 is 4.74 Å². The molecule has 1 amide bonds. The number of carbonyl (C=O) groups is 1. The van der Waals surface area contributed by atoms with E-state index in [2.05, 4.69) is 6.07 Å². The third-order valence-electron chi connectivity index (χ3n) is 5.20. The minimum Gasteiger partial charge on any atom is -0.480 e. The molecule has 2 aromatic rings. The first kappa shape index (κ1) is 18.1. The van der Waals surface area contributed by atoms with Crippen molar-refractivity contribution in [2.45, 2.75) is 25.4 Å². The summed E-state index contributed by atoms with van der Waals surface area (Å²) in [5, 5.41) is 9.68. The fraction of sp³-hybridized carbons (Fsp3) is 0.250. The van der Waals surface area contributed by atoms with Gasteiger partial charge in [0.25, 0.3) is 5.91 Å². The molecule has 140 valence electrons. The van der Waals surface area contributed by atoms with Crippen LogP contribution in [-0.4, -0.2) is 23.9 Å². The molecule has 0 N–H and O–H groups in total. The van der Waals surface area contributed by atoms with Crippen LogP contribution in [0.3, 0.4) is 0 Å². The Kier molecular flexibility index (Phi) is 5.25. The van der Waals surface area contributed by atoms with Gasteiger partial charge < -0.3 is 9.64 Å². The van der Waals surface area contributed by atoms with E-state index in [1.807, 2.05) is 60.7 Å². The van der Waals surface area contributed by atoms with E-state index < -0.39 is 0 Å². The molecule has 0 saturated carbocycles. The largest absolute Gasteiger partial charge is 0.480 e. The molecule has 4 rings (SSSR count). The van der Waals surface area contributed by atoms with E-state index in [0.29, 0.717) is 0 Å². The van der Waals surface area contributed by atoms with Crippen LogP contribution in [0.2, 0.25) is 0 Å². The van der Waals surface area contributed by atoms with Gasteiger partial charge in [0.1, 0.15) is 23.5 Å². The number of amides is 1. The van der Waals surface area contributed by atoms with Crippen LogP contribution in [0, 0.1) is 11.3 Å². The number of nitriles is 1. The molecule has 1 saturated heterocycles. The zero-order valence-electron chi connectivity index (χ0n) is 15.7. The number of hydrogen-bond donors (Lipinski definition) is 0. The number of rotatable bonds is 3. The Morgan fingerprint density at radius 3 is 2.50 bits per heavy atom. The molecule has 0 aromatic heterocycles. The summed E-state index contributed by atoms with van der Waals surface area (Å²) < 4.78 is 6.25. The molecule has 1 fully saturated rings. The van der Waals surface area contributed by atoms with Gasteiger partial charge in [-0.1, -0.05) is 48.5 Å². The topological polar surface area (TPSA) is 53.3 Å². The zero-order chi connectivity index (χ0) is 19.3. The molecule has 1 unspecified atom stereocenters. The second-order valence-corrected chi connectivity index (χ2v) is 7.11. The van der Waals surface area contributed by atoms with Crippen molar-refractivity contribution in [1.29, 1.82) is 5.26 Å². The smallest absolute Gasteiger partial charge is 0.264 e. The van der Waals surface area contributed by atoms with E-state index >= 15 is 0 Å². The molecule has 0 aliphatic carbocycles. The monoisotopic (exact) mass is 370 g/mol. The summed E-state index contributed by atoms with van der Waals surface area (Å²) in [6.45, 7) is 1.44. The lowest BCUT2D eigenvalue weighted by molar-refractivity contribution is -0.127. The number of benzene rings is 2. The molecule has 4 nitrogen and oxygen atoms in total. The Morgan fingerprint density at radius 2 is 1.75 bits per heavy atom. The fourth-order valence-corrected chi connectivity index (χ4v) is 3.74. The van der Waals surface area contributed by atoms with Gasteiger partial charge in [-0.25, -0.2) is 0 Å². The van der Waals surface area contributed by atoms with Crippen LogP contribution in [0.5, 0.6) is 5.75 Å². The summed E-state index contributed by atoms with van der Waals surface area (Å²) in [6.07, 6.45) is 6.49. The van der Waals surface area contributed by atoms with E-state index in [9.17, 15) is 10.1 Å². The summed E-state index contributed by atoms with van der Waals surface area (Å²) in [4.78, 5) is 14.6. The highest BCUT2D eigenvalue weighted by Gasteiger charge is 2.26. The van der Waals surface area contributed by atoms with Crippen LogP contribution in [0.15, 0.2) is 71.8 Å². The van der Waals surface area contributed by atoms with Crippen LogP contribution in [0.25, 0.3) is 6.08 Å². The highest BCUT2D eigenvalue weighted by molar-refractivity contribution is 5.98. The van der Waals surface area contributed by atoms with Crippen LogP contribution in [0.1, 0.15) is 36.5 Å². The number of carbonyl (C=O) groups excluding carboxylic acids is 1. The standard InChI is InChI=1S/C24H22N2O2/c25-17-21(24(27)26-13-7-2-8-14-26)16-20-15-19-11-5-6-12-22(19)28-23(20)18-9-3-1-4-10-18/h1,3-6,9-12,15-16,23H,2,7-8,13-14H2/b21-16+. The number of hydrogen-bond acceptors (Lipinski definition) is 3. The molecule has 2 aromatic carbocycles. The Hall–Kier alpha value is -3.32. The van der Waals surface area contributed by atoms with Crippen molar-refractivity contribution in [3.05, 3.63) is 82.9 Å². The quantitative estimate of drug-likeness (QED) is 0.583. The second-order valence-electron chi connectivity index (χ2n) is 7.11. The molecule has 0 bridgehead atoms. The highest BCUT2D eigenvalue weighted by Crippen LogP contribution is 2.38. The highest BCUT2D eigenvalue weighted by atomic mass is 16.5. The van der Waals surface area contributed by atoms with E-state index in [1.54, 1.807) is 11.0 Å². The van der Waals surface area contributed by atoms with Crippen LogP contribution in [-0.2, 0) is 4.79 Å². The maximum atomic E-state index is 12.9. The van der Waals surface area contributed by atoms with Gasteiger partial charge in [0.15, 0.2) is 0 Å². The van der Waals surface area contributed by atoms with Gasteiger partial charge in [0.2, 0.25) is 0 Å². The van der Waals surface area contributed by atoms with E-state index in [4.69, 9.17) is 4.74 Å². The van der Waals surface area contributed by atoms with Crippen LogP contribution in [0.4, 0.5) is 0 Å². The fourth-order valence-electron chi connectivity index (χ4n) is 3.74. The van der Waals surface area contributed by atoms with E-state index in [1.165, 1.54) is 0 Å². The molecular formula is C24H22N2O2. The summed E-state index contributed by atoms with van der Waals surface area (Å²) >= 11 is 0.